The van der Waals surface area contributed by atoms with Crippen molar-refractivity contribution in [3.8, 4) is 0 Å². The summed E-state index contributed by atoms with van der Waals surface area (Å²) < 4.78 is 0. The molecule has 1 unspecified atom stereocenters. The van der Waals surface area contributed by atoms with Crippen LogP contribution in [0.3, 0.4) is 0 Å². The van der Waals surface area contributed by atoms with Crippen LogP contribution in [0.2, 0.25) is 0 Å². The lowest BCUT2D eigenvalue weighted by Crippen LogP contribution is -2.28. The highest BCUT2D eigenvalue weighted by Gasteiger charge is 2.13. The number of carboxylic acid groups (broad SMARTS) is 1. The molecule has 0 amide bonds. The van der Waals surface area contributed by atoms with Gasteiger partial charge in [-0.25, -0.2) is 0 Å². The van der Waals surface area contributed by atoms with Gasteiger partial charge in [0.25, 0.3) is 0 Å². The molecule has 1 atom stereocenters. The summed E-state index contributed by atoms with van der Waals surface area (Å²) in [6, 6.07) is 18.7. The molecular formula is C18H21NO2S. The summed E-state index contributed by atoms with van der Waals surface area (Å²) in [6.07, 6.45) is 0. The van der Waals surface area contributed by atoms with Gasteiger partial charge in [-0.1, -0.05) is 49.0 Å². The van der Waals surface area contributed by atoms with Gasteiger partial charge in [0.2, 0.25) is 0 Å². The first-order valence-electron chi connectivity index (χ1n) is 7.28. The zero-order valence-corrected chi connectivity index (χ0v) is 13.7. The predicted molar refractivity (Wildman–Crippen MR) is 90.1 cm³/mol. The Morgan fingerprint density at radius 2 is 1.68 bits per heavy atom. The number of hydrogen-bond donors (Lipinski definition) is 1. The third-order valence-corrected chi connectivity index (χ3v) is 4.38. The molecule has 0 aliphatic rings. The van der Waals surface area contributed by atoms with Gasteiger partial charge >= 0.3 is 5.97 Å². The van der Waals surface area contributed by atoms with E-state index in [-0.39, 0.29) is 5.92 Å². The van der Waals surface area contributed by atoms with E-state index >= 15 is 0 Å². The van der Waals surface area contributed by atoms with Gasteiger partial charge in [-0.2, -0.15) is 0 Å². The Hall–Kier alpha value is -1.78. The van der Waals surface area contributed by atoms with Gasteiger partial charge in [0.1, 0.15) is 0 Å². The molecule has 22 heavy (non-hydrogen) atoms. The van der Waals surface area contributed by atoms with Gasteiger partial charge in [-0.15, -0.1) is 0 Å². The molecule has 0 radical (unpaired) electrons. The van der Waals surface area contributed by atoms with E-state index in [9.17, 15) is 4.79 Å². The van der Waals surface area contributed by atoms with E-state index in [4.69, 9.17) is 5.11 Å². The second-order valence-electron chi connectivity index (χ2n) is 5.50. The number of hydrogen-bond acceptors (Lipinski definition) is 3. The van der Waals surface area contributed by atoms with Crippen LogP contribution >= 0.6 is 11.8 Å². The molecule has 0 saturated heterocycles. The quantitative estimate of drug-likeness (QED) is 0.838. The van der Waals surface area contributed by atoms with Crippen molar-refractivity contribution in [2.45, 2.75) is 23.3 Å². The maximum Gasteiger partial charge on any atom is 0.307 e. The van der Waals surface area contributed by atoms with E-state index in [1.165, 1.54) is 15.4 Å². The third kappa shape index (κ3) is 5.20. The van der Waals surface area contributed by atoms with Crippen LogP contribution in [0.15, 0.2) is 64.4 Å². The monoisotopic (exact) mass is 315 g/mol. The maximum absolute atomic E-state index is 10.9. The molecular weight excluding hydrogens is 294 g/mol. The molecule has 116 valence electrons. The van der Waals surface area contributed by atoms with E-state index in [0.717, 1.165) is 6.54 Å². The highest BCUT2D eigenvalue weighted by atomic mass is 32.2. The van der Waals surface area contributed by atoms with Gasteiger partial charge in [0.05, 0.1) is 5.92 Å². The maximum atomic E-state index is 10.9. The summed E-state index contributed by atoms with van der Waals surface area (Å²) >= 11 is 1.74. The van der Waals surface area contributed by atoms with E-state index in [1.807, 2.05) is 30.1 Å². The largest absolute Gasteiger partial charge is 0.481 e. The van der Waals surface area contributed by atoms with E-state index in [0.29, 0.717) is 6.54 Å². The Bertz CT molecular complexity index is 598. The lowest BCUT2D eigenvalue weighted by atomic mass is 10.1. The molecule has 0 fully saturated rings. The normalized spacial score (nSPS) is 12.3. The van der Waals surface area contributed by atoms with Crippen molar-refractivity contribution in [1.82, 2.24) is 4.90 Å². The van der Waals surface area contributed by atoms with Crippen LogP contribution in [-0.4, -0.2) is 29.6 Å². The first-order chi connectivity index (χ1) is 10.5. The molecule has 2 rings (SSSR count). The zero-order chi connectivity index (χ0) is 15.9. The molecule has 0 spiro atoms. The van der Waals surface area contributed by atoms with Crippen LogP contribution < -0.4 is 0 Å². The van der Waals surface area contributed by atoms with E-state index in [2.05, 4.69) is 36.4 Å². The Balaban J connectivity index is 1.90. The second-order valence-corrected chi connectivity index (χ2v) is 6.64. The first kappa shape index (κ1) is 16.6. The van der Waals surface area contributed by atoms with Crippen LogP contribution in [-0.2, 0) is 11.3 Å². The number of nitrogens with zero attached hydrogens (tertiary/aromatic N) is 1. The second kappa shape index (κ2) is 8.01. The molecule has 0 saturated carbocycles. The average Bonchev–Trinajstić information content (AvgIpc) is 2.50. The van der Waals surface area contributed by atoms with Gasteiger partial charge in [-0.3, -0.25) is 4.79 Å². The SMILES string of the molecule is CC(CN(C)Cc1ccc(Sc2ccccc2)cc1)C(=O)O. The number of carbonyl (C=O) groups is 1. The highest BCUT2D eigenvalue weighted by molar-refractivity contribution is 7.99. The smallest absolute Gasteiger partial charge is 0.307 e. The summed E-state index contributed by atoms with van der Waals surface area (Å²) in [5, 5.41) is 8.94. The molecule has 3 nitrogen and oxygen atoms in total. The Labute approximate surface area is 136 Å². The van der Waals surface area contributed by atoms with E-state index < -0.39 is 5.97 Å². The Morgan fingerprint density at radius 1 is 1.09 bits per heavy atom. The standard InChI is InChI=1S/C18H21NO2S/c1-14(18(20)21)12-19(2)13-15-8-10-17(11-9-15)22-16-6-4-3-5-7-16/h3-11,14H,12-13H2,1-2H3,(H,20,21). The molecule has 1 N–H and O–H groups in total. The van der Waals surface area contributed by atoms with Crippen LogP contribution in [0.1, 0.15) is 12.5 Å². The van der Waals surface area contributed by atoms with Crippen molar-refractivity contribution < 1.29 is 9.90 Å². The average molecular weight is 315 g/mol. The first-order valence-corrected chi connectivity index (χ1v) is 8.09. The minimum atomic E-state index is -0.749. The van der Waals surface area contributed by atoms with Gasteiger partial charge < -0.3 is 10.0 Å². The summed E-state index contributed by atoms with van der Waals surface area (Å²) in [5.41, 5.74) is 1.19. The lowest BCUT2D eigenvalue weighted by Gasteiger charge is -2.19. The zero-order valence-electron chi connectivity index (χ0n) is 12.9. The third-order valence-electron chi connectivity index (χ3n) is 3.36. The van der Waals surface area contributed by atoms with Crippen LogP contribution in [0.25, 0.3) is 0 Å². The minimum Gasteiger partial charge on any atom is -0.481 e. The van der Waals surface area contributed by atoms with Gasteiger partial charge in [0, 0.05) is 22.9 Å². The van der Waals surface area contributed by atoms with Crippen LogP contribution in [0, 0.1) is 5.92 Å². The minimum absolute atomic E-state index is 0.349. The molecule has 2 aromatic carbocycles. The van der Waals surface area contributed by atoms with Crippen molar-refractivity contribution >= 4 is 17.7 Å². The van der Waals surface area contributed by atoms with Crippen molar-refractivity contribution in [2.24, 2.45) is 5.92 Å². The molecule has 0 heterocycles. The summed E-state index contributed by atoms with van der Waals surface area (Å²) in [5.74, 6) is -1.10. The van der Waals surface area contributed by atoms with Crippen molar-refractivity contribution in [1.29, 1.82) is 0 Å². The van der Waals surface area contributed by atoms with Crippen molar-refractivity contribution in [2.75, 3.05) is 13.6 Å². The molecule has 0 bridgehead atoms. The molecule has 0 aliphatic carbocycles. The topological polar surface area (TPSA) is 40.5 Å². The van der Waals surface area contributed by atoms with Gasteiger partial charge in [-0.05, 0) is 36.9 Å². The summed E-state index contributed by atoms with van der Waals surface area (Å²) in [6.45, 7) is 3.04. The fourth-order valence-corrected chi connectivity index (χ4v) is 3.05. The number of rotatable bonds is 7. The fourth-order valence-electron chi connectivity index (χ4n) is 2.21. The summed E-state index contributed by atoms with van der Waals surface area (Å²) in [7, 11) is 1.95. The van der Waals surface area contributed by atoms with Crippen molar-refractivity contribution in [3.05, 3.63) is 60.2 Å². The van der Waals surface area contributed by atoms with Crippen molar-refractivity contribution in [3.63, 3.8) is 0 Å². The lowest BCUT2D eigenvalue weighted by molar-refractivity contribution is -0.141. The Morgan fingerprint density at radius 3 is 2.27 bits per heavy atom. The van der Waals surface area contributed by atoms with Gasteiger partial charge in [0.15, 0.2) is 0 Å². The highest BCUT2D eigenvalue weighted by Crippen LogP contribution is 2.27. The number of carboxylic acids is 1. The molecule has 0 aliphatic heterocycles. The molecule has 4 heteroatoms. The fraction of sp³-hybridized carbons (Fsp3) is 0.278. The van der Waals surface area contributed by atoms with Crippen LogP contribution in [0.5, 0.6) is 0 Å². The predicted octanol–water partition coefficient (Wildman–Crippen LogP) is 3.99. The molecule has 2 aromatic rings. The Kier molecular flexibility index (Phi) is 6.04. The van der Waals surface area contributed by atoms with Crippen LogP contribution in [0.4, 0.5) is 0 Å². The summed E-state index contributed by atoms with van der Waals surface area (Å²) in [4.78, 5) is 15.3. The van der Waals surface area contributed by atoms with E-state index in [1.54, 1.807) is 18.7 Å². The number of aliphatic carboxylic acids is 1. The number of benzene rings is 2. The molecule has 0 aromatic heterocycles.